The van der Waals surface area contributed by atoms with Gasteiger partial charge in [0.1, 0.15) is 0 Å². The summed E-state index contributed by atoms with van der Waals surface area (Å²) in [5, 5.41) is 6.84. The zero-order valence-electron chi connectivity index (χ0n) is 10.9. The fourth-order valence-corrected chi connectivity index (χ4v) is 2.01. The summed E-state index contributed by atoms with van der Waals surface area (Å²) in [6.07, 6.45) is 0. The molecule has 2 aromatic carbocycles. The number of aryl methyl sites for hydroxylation is 1. The Balaban J connectivity index is 1.92. The number of carbonyl (C=O) groups excluding carboxylic acids is 1. The minimum atomic E-state index is -0.148. The van der Waals surface area contributed by atoms with E-state index in [-0.39, 0.29) is 12.5 Å². The van der Waals surface area contributed by atoms with Gasteiger partial charge in [0.2, 0.25) is 5.91 Å². The molecule has 0 atom stereocenters. The van der Waals surface area contributed by atoms with Crippen molar-refractivity contribution in [1.82, 2.24) is 0 Å². The van der Waals surface area contributed by atoms with Gasteiger partial charge in [0.25, 0.3) is 0 Å². The summed E-state index contributed by atoms with van der Waals surface area (Å²) < 4.78 is 0. The van der Waals surface area contributed by atoms with Crippen LogP contribution in [0.4, 0.5) is 11.4 Å². The molecule has 2 N–H and O–H groups in total. The van der Waals surface area contributed by atoms with Gasteiger partial charge in [-0.15, -0.1) is 0 Å². The van der Waals surface area contributed by atoms with Crippen molar-refractivity contribution in [1.29, 1.82) is 0 Å². The third-order valence-corrected chi connectivity index (χ3v) is 3.27. The molecule has 104 valence electrons. The molecule has 0 unspecified atom stereocenters. The first-order valence-corrected chi connectivity index (χ1v) is 6.85. The maximum atomic E-state index is 11.8. The summed E-state index contributed by atoms with van der Waals surface area (Å²) in [6.45, 7) is 2.11. The Kier molecular flexibility index (Phi) is 4.88. The molecule has 0 aliphatic carbocycles. The van der Waals surface area contributed by atoms with Crippen molar-refractivity contribution in [2.24, 2.45) is 0 Å². The van der Waals surface area contributed by atoms with Crippen molar-refractivity contribution >= 4 is 40.5 Å². The highest BCUT2D eigenvalue weighted by Crippen LogP contribution is 2.25. The molecule has 5 heteroatoms. The van der Waals surface area contributed by atoms with Gasteiger partial charge in [0.15, 0.2) is 0 Å². The number of hydrogen-bond donors (Lipinski definition) is 2. The summed E-state index contributed by atoms with van der Waals surface area (Å²) in [5.74, 6) is -0.148. The maximum Gasteiger partial charge on any atom is 0.243 e. The van der Waals surface area contributed by atoms with Gasteiger partial charge >= 0.3 is 0 Å². The largest absolute Gasteiger partial charge is 0.375 e. The summed E-state index contributed by atoms with van der Waals surface area (Å²) in [4.78, 5) is 11.8. The Hall–Kier alpha value is -1.71. The first-order valence-electron chi connectivity index (χ1n) is 6.10. The van der Waals surface area contributed by atoms with Gasteiger partial charge < -0.3 is 10.6 Å². The van der Waals surface area contributed by atoms with Crippen LogP contribution < -0.4 is 10.6 Å². The zero-order valence-corrected chi connectivity index (χ0v) is 12.4. The van der Waals surface area contributed by atoms with E-state index < -0.39 is 0 Å². The fourth-order valence-electron chi connectivity index (χ4n) is 1.65. The van der Waals surface area contributed by atoms with E-state index in [2.05, 4.69) is 10.6 Å². The molecule has 3 nitrogen and oxygen atoms in total. The van der Waals surface area contributed by atoms with Gasteiger partial charge in [0.05, 0.1) is 17.3 Å². The van der Waals surface area contributed by atoms with Gasteiger partial charge in [-0.25, -0.2) is 0 Å². The molecule has 0 spiro atoms. The smallest absolute Gasteiger partial charge is 0.243 e. The fraction of sp³-hybridized carbons (Fsp3) is 0.133. The third-order valence-electron chi connectivity index (χ3n) is 2.70. The van der Waals surface area contributed by atoms with Crippen LogP contribution in [0.2, 0.25) is 10.0 Å². The zero-order chi connectivity index (χ0) is 14.5. The Morgan fingerprint density at radius 3 is 2.50 bits per heavy atom. The molecular weight excluding hydrogens is 295 g/mol. The minimum Gasteiger partial charge on any atom is -0.375 e. The van der Waals surface area contributed by atoms with Gasteiger partial charge in [-0.1, -0.05) is 40.9 Å². The number of hydrogen-bond acceptors (Lipinski definition) is 2. The molecule has 0 radical (unpaired) electrons. The maximum absolute atomic E-state index is 11.8. The minimum absolute atomic E-state index is 0.119. The molecule has 0 aliphatic rings. The number of carbonyl (C=O) groups is 1. The molecule has 20 heavy (non-hydrogen) atoms. The monoisotopic (exact) mass is 308 g/mol. The van der Waals surface area contributed by atoms with Crippen LogP contribution in [0, 0.1) is 6.92 Å². The van der Waals surface area contributed by atoms with E-state index >= 15 is 0 Å². The number of halogens is 2. The number of anilines is 2. The second-order valence-electron chi connectivity index (χ2n) is 4.39. The molecule has 0 saturated heterocycles. The van der Waals surface area contributed by atoms with E-state index in [1.165, 1.54) is 0 Å². The SMILES string of the molecule is Cc1ccc(NC(=O)CNc2cc(Cl)ccc2Cl)cc1. The van der Waals surface area contributed by atoms with Crippen LogP contribution in [0.3, 0.4) is 0 Å². The summed E-state index contributed by atoms with van der Waals surface area (Å²) in [7, 11) is 0. The number of rotatable bonds is 4. The van der Waals surface area contributed by atoms with Gasteiger partial charge in [0, 0.05) is 10.7 Å². The number of nitrogens with one attached hydrogen (secondary N) is 2. The number of amides is 1. The van der Waals surface area contributed by atoms with Crippen LogP contribution in [0.1, 0.15) is 5.56 Å². The Bertz CT molecular complexity index is 612. The van der Waals surface area contributed by atoms with E-state index in [1.54, 1.807) is 18.2 Å². The van der Waals surface area contributed by atoms with Crippen molar-refractivity contribution in [3.63, 3.8) is 0 Å². The quantitative estimate of drug-likeness (QED) is 0.881. The summed E-state index contributed by atoms with van der Waals surface area (Å²) >= 11 is 11.9. The van der Waals surface area contributed by atoms with E-state index in [0.29, 0.717) is 15.7 Å². The highest BCUT2D eigenvalue weighted by Gasteiger charge is 2.05. The van der Waals surface area contributed by atoms with Gasteiger partial charge in [-0.05, 0) is 37.3 Å². The Morgan fingerprint density at radius 1 is 1.10 bits per heavy atom. The van der Waals surface area contributed by atoms with E-state index in [4.69, 9.17) is 23.2 Å². The van der Waals surface area contributed by atoms with Crippen molar-refractivity contribution < 1.29 is 4.79 Å². The number of benzene rings is 2. The molecule has 0 aromatic heterocycles. The lowest BCUT2D eigenvalue weighted by atomic mass is 10.2. The average Bonchev–Trinajstić information content (AvgIpc) is 2.42. The van der Waals surface area contributed by atoms with E-state index in [1.807, 2.05) is 31.2 Å². The van der Waals surface area contributed by atoms with Crippen molar-refractivity contribution in [3.05, 3.63) is 58.1 Å². The predicted octanol–water partition coefficient (Wildman–Crippen LogP) is 4.35. The van der Waals surface area contributed by atoms with Crippen LogP contribution in [-0.4, -0.2) is 12.5 Å². The van der Waals surface area contributed by atoms with Crippen LogP contribution in [0.15, 0.2) is 42.5 Å². The lowest BCUT2D eigenvalue weighted by molar-refractivity contribution is -0.114. The summed E-state index contributed by atoms with van der Waals surface area (Å²) in [5.41, 5.74) is 2.55. The second-order valence-corrected chi connectivity index (χ2v) is 5.24. The first-order chi connectivity index (χ1) is 9.54. The molecule has 0 fully saturated rings. The topological polar surface area (TPSA) is 41.1 Å². The standard InChI is InChI=1S/C15H14Cl2N2O/c1-10-2-5-12(6-3-10)19-15(20)9-18-14-8-11(16)4-7-13(14)17/h2-8,18H,9H2,1H3,(H,19,20). The van der Waals surface area contributed by atoms with Crippen molar-refractivity contribution in [2.45, 2.75) is 6.92 Å². The molecule has 0 aliphatic heterocycles. The van der Waals surface area contributed by atoms with E-state index in [9.17, 15) is 4.79 Å². The predicted molar refractivity (Wildman–Crippen MR) is 84.8 cm³/mol. The Morgan fingerprint density at radius 2 is 1.80 bits per heavy atom. The molecule has 0 saturated carbocycles. The summed E-state index contributed by atoms with van der Waals surface area (Å²) in [6, 6.07) is 12.7. The van der Waals surface area contributed by atoms with Crippen molar-refractivity contribution in [2.75, 3.05) is 17.2 Å². The molecule has 1 amide bonds. The highest BCUT2D eigenvalue weighted by molar-refractivity contribution is 6.35. The highest BCUT2D eigenvalue weighted by atomic mass is 35.5. The molecule has 0 heterocycles. The normalized spacial score (nSPS) is 10.2. The molecular formula is C15H14Cl2N2O. The lowest BCUT2D eigenvalue weighted by Gasteiger charge is -2.09. The molecule has 0 bridgehead atoms. The van der Waals surface area contributed by atoms with Crippen LogP contribution >= 0.6 is 23.2 Å². The van der Waals surface area contributed by atoms with E-state index in [0.717, 1.165) is 11.3 Å². The second kappa shape index (κ2) is 6.64. The molecule has 2 rings (SSSR count). The van der Waals surface area contributed by atoms with Gasteiger partial charge in [-0.2, -0.15) is 0 Å². The van der Waals surface area contributed by atoms with Gasteiger partial charge in [-0.3, -0.25) is 4.79 Å². The Labute approximate surface area is 127 Å². The van der Waals surface area contributed by atoms with Crippen molar-refractivity contribution in [3.8, 4) is 0 Å². The first kappa shape index (κ1) is 14.7. The lowest BCUT2D eigenvalue weighted by Crippen LogP contribution is -2.21. The van der Waals surface area contributed by atoms with Crippen LogP contribution in [0.25, 0.3) is 0 Å². The third kappa shape index (κ3) is 4.15. The molecule has 2 aromatic rings. The average molecular weight is 309 g/mol. The van der Waals surface area contributed by atoms with Crippen LogP contribution in [-0.2, 0) is 4.79 Å². The van der Waals surface area contributed by atoms with Crippen LogP contribution in [0.5, 0.6) is 0 Å².